The number of hydrogen-bond acceptors (Lipinski definition) is 6. The van der Waals surface area contributed by atoms with Gasteiger partial charge in [-0.05, 0) is 37.8 Å². The van der Waals surface area contributed by atoms with Gasteiger partial charge in [0.05, 0.1) is 11.9 Å². The molecule has 0 unspecified atom stereocenters. The van der Waals surface area contributed by atoms with Gasteiger partial charge in [-0.3, -0.25) is 0 Å². The van der Waals surface area contributed by atoms with Crippen LogP contribution in [-0.2, 0) is 12.8 Å². The molecule has 0 radical (unpaired) electrons. The lowest BCUT2D eigenvalue weighted by atomic mass is 10.00. The van der Waals surface area contributed by atoms with Gasteiger partial charge in [0.1, 0.15) is 5.82 Å². The molecule has 128 valence electrons. The standard InChI is InChI=1S/C18H21N7/c1-12-7-17(25-16(21-12)5-6-20-25)19-9-13-10-24(11-13)18-8-14-3-2-4-15(14)22-23-18/h5-8,13,19H,2-4,9-11H2,1H3. The summed E-state index contributed by atoms with van der Waals surface area (Å²) < 4.78 is 1.86. The molecule has 1 aliphatic carbocycles. The zero-order valence-corrected chi connectivity index (χ0v) is 14.3. The normalized spacial score (nSPS) is 16.9. The van der Waals surface area contributed by atoms with Crippen LogP contribution in [0.1, 0.15) is 23.4 Å². The van der Waals surface area contributed by atoms with Gasteiger partial charge in [-0.25, -0.2) is 4.98 Å². The SMILES string of the molecule is Cc1cc(NCC2CN(c3cc4c(nn3)CCC4)C2)n2nccc2n1. The van der Waals surface area contributed by atoms with Crippen LogP contribution in [0.2, 0.25) is 0 Å². The van der Waals surface area contributed by atoms with Crippen molar-refractivity contribution < 1.29 is 0 Å². The number of rotatable bonds is 4. The number of nitrogens with zero attached hydrogens (tertiary/aromatic N) is 6. The molecule has 3 aromatic heterocycles. The fourth-order valence-corrected chi connectivity index (χ4v) is 3.77. The third kappa shape index (κ3) is 2.59. The van der Waals surface area contributed by atoms with Crippen molar-refractivity contribution in [3.05, 3.63) is 41.3 Å². The van der Waals surface area contributed by atoms with Gasteiger partial charge >= 0.3 is 0 Å². The number of aromatic nitrogens is 5. The minimum atomic E-state index is 0.606. The molecule has 25 heavy (non-hydrogen) atoms. The highest BCUT2D eigenvalue weighted by Crippen LogP contribution is 2.27. The van der Waals surface area contributed by atoms with Crippen LogP contribution in [0.15, 0.2) is 24.4 Å². The zero-order valence-electron chi connectivity index (χ0n) is 14.3. The summed E-state index contributed by atoms with van der Waals surface area (Å²) >= 11 is 0. The van der Waals surface area contributed by atoms with Gasteiger partial charge in [-0.15, -0.1) is 5.10 Å². The van der Waals surface area contributed by atoms with Crippen LogP contribution in [0.3, 0.4) is 0 Å². The first-order valence-electron chi connectivity index (χ1n) is 8.92. The molecule has 1 aliphatic heterocycles. The Balaban J connectivity index is 1.22. The number of nitrogens with one attached hydrogen (secondary N) is 1. The lowest BCUT2D eigenvalue weighted by Gasteiger charge is -2.40. The average molecular weight is 335 g/mol. The second kappa shape index (κ2) is 5.68. The van der Waals surface area contributed by atoms with Gasteiger partial charge in [-0.2, -0.15) is 14.7 Å². The fraction of sp³-hybridized carbons (Fsp3) is 0.444. The van der Waals surface area contributed by atoms with Gasteiger partial charge in [0.15, 0.2) is 11.5 Å². The van der Waals surface area contributed by atoms with Gasteiger partial charge in [-0.1, -0.05) is 0 Å². The van der Waals surface area contributed by atoms with E-state index in [0.717, 1.165) is 55.5 Å². The number of aryl methyl sites for hydroxylation is 3. The predicted molar refractivity (Wildman–Crippen MR) is 96.0 cm³/mol. The van der Waals surface area contributed by atoms with Gasteiger partial charge in [0.2, 0.25) is 0 Å². The Morgan fingerprint density at radius 2 is 2.12 bits per heavy atom. The first-order valence-corrected chi connectivity index (χ1v) is 8.92. The Bertz CT molecular complexity index is 926. The highest BCUT2D eigenvalue weighted by atomic mass is 15.3. The van der Waals surface area contributed by atoms with Crippen molar-refractivity contribution in [2.45, 2.75) is 26.2 Å². The first kappa shape index (κ1) is 14.6. The average Bonchev–Trinajstić information content (AvgIpc) is 3.21. The highest BCUT2D eigenvalue weighted by molar-refractivity contribution is 5.49. The number of fused-ring (bicyclic) bond motifs is 2. The maximum absolute atomic E-state index is 4.47. The van der Waals surface area contributed by atoms with Crippen molar-refractivity contribution in [1.29, 1.82) is 0 Å². The molecular formula is C18H21N7. The van der Waals surface area contributed by atoms with E-state index >= 15 is 0 Å². The molecule has 3 aromatic rings. The molecule has 0 bridgehead atoms. The number of hydrogen-bond donors (Lipinski definition) is 1. The second-order valence-electron chi connectivity index (χ2n) is 7.06. The highest BCUT2D eigenvalue weighted by Gasteiger charge is 2.29. The van der Waals surface area contributed by atoms with E-state index < -0.39 is 0 Å². The first-order chi connectivity index (χ1) is 12.3. The lowest BCUT2D eigenvalue weighted by Crippen LogP contribution is -2.50. The Morgan fingerprint density at radius 1 is 1.20 bits per heavy atom. The summed E-state index contributed by atoms with van der Waals surface area (Å²) in [7, 11) is 0. The van der Waals surface area contributed by atoms with E-state index in [4.69, 9.17) is 0 Å². The van der Waals surface area contributed by atoms with E-state index in [1.807, 2.05) is 23.6 Å². The minimum absolute atomic E-state index is 0.606. The summed E-state index contributed by atoms with van der Waals surface area (Å²) in [5.74, 6) is 2.64. The summed E-state index contributed by atoms with van der Waals surface area (Å²) in [6, 6.07) is 6.21. The molecule has 0 spiro atoms. The molecule has 1 saturated heterocycles. The topological polar surface area (TPSA) is 71.2 Å². The predicted octanol–water partition coefficient (Wildman–Crippen LogP) is 1.86. The largest absolute Gasteiger partial charge is 0.369 e. The van der Waals surface area contributed by atoms with Gasteiger partial charge in [0, 0.05) is 43.4 Å². The fourth-order valence-electron chi connectivity index (χ4n) is 3.77. The van der Waals surface area contributed by atoms with Crippen molar-refractivity contribution in [1.82, 2.24) is 24.8 Å². The van der Waals surface area contributed by atoms with Gasteiger partial charge < -0.3 is 10.2 Å². The van der Waals surface area contributed by atoms with Crippen molar-refractivity contribution in [3.63, 3.8) is 0 Å². The molecule has 4 heterocycles. The second-order valence-corrected chi connectivity index (χ2v) is 7.06. The summed E-state index contributed by atoms with van der Waals surface area (Å²) in [6.45, 7) is 4.97. The van der Waals surface area contributed by atoms with E-state index in [1.54, 1.807) is 6.20 Å². The van der Waals surface area contributed by atoms with Crippen LogP contribution < -0.4 is 10.2 Å². The van der Waals surface area contributed by atoms with Crippen molar-refractivity contribution in [2.24, 2.45) is 5.92 Å². The molecule has 1 fully saturated rings. The van der Waals surface area contributed by atoms with Crippen LogP contribution in [0.5, 0.6) is 0 Å². The number of anilines is 2. The molecule has 0 saturated carbocycles. The Labute approximate surface area is 146 Å². The molecule has 1 N–H and O–H groups in total. The molecule has 5 rings (SSSR count). The van der Waals surface area contributed by atoms with E-state index in [9.17, 15) is 0 Å². The maximum atomic E-state index is 4.47. The van der Waals surface area contributed by atoms with E-state index in [1.165, 1.54) is 17.7 Å². The summed E-state index contributed by atoms with van der Waals surface area (Å²) in [5, 5.41) is 16.7. The maximum Gasteiger partial charge on any atom is 0.157 e. The molecule has 0 aromatic carbocycles. The summed E-state index contributed by atoms with van der Waals surface area (Å²) in [4.78, 5) is 6.79. The molecule has 0 amide bonds. The van der Waals surface area contributed by atoms with E-state index in [-0.39, 0.29) is 0 Å². The van der Waals surface area contributed by atoms with Crippen molar-refractivity contribution in [3.8, 4) is 0 Å². The third-order valence-corrected chi connectivity index (χ3v) is 5.15. The monoisotopic (exact) mass is 335 g/mol. The van der Waals surface area contributed by atoms with Crippen LogP contribution in [0, 0.1) is 12.8 Å². The smallest absolute Gasteiger partial charge is 0.157 e. The minimum Gasteiger partial charge on any atom is -0.369 e. The molecule has 2 aliphatic rings. The van der Waals surface area contributed by atoms with Crippen LogP contribution in [0.4, 0.5) is 11.6 Å². The quantitative estimate of drug-likeness (QED) is 0.785. The molecule has 7 heteroatoms. The van der Waals surface area contributed by atoms with Crippen LogP contribution >= 0.6 is 0 Å². The Morgan fingerprint density at radius 3 is 3.04 bits per heavy atom. The summed E-state index contributed by atoms with van der Waals surface area (Å²) in [6.07, 6.45) is 5.23. The van der Waals surface area contributed by atoms with Crippen molar-refractivity contribution >= 4 is 17.3 Å². The van der Waals surface area contributed by atoms with Crippen molar-refractivity contribution in [2.75, 3.05) is 29.9 Å². The lowest BCUT2D eigenvalue weighted by molar-refractivity contribution is 0.424. The molecular weight excluding hydrogens is 314 g/mol. The molecule has 7 nitrogen and oxygen atoms in total. The van der Waals surface area contributed by atoms with Crippen LogP contribution in [0.25, 0.3) is 5.65 Å². The Kier molecular flexibility index (Phi) is 3.33. The van der Waals surface area contributed by atoms with Crippen LogP contribution in [-0.4, -0.2) is 44.4 Å². The molecule has 0 atom stereocenters. The summed E-state index contributed by atoms with van der Waals surface area (Å²) in [5.41, 5.74) is 4.46. The Hall–Kier alpha value is -2.70. The van der Waals surface area contributed by atoms with E-state index in [2.05, 4.69) is 36.6 Å². The zero-order chi connectivity index (χ0) is 16.8. The van der Waals surface area contributed by atoms with E-state index in [0.29, 0.717) is 5.92 Å². The third-order valence-electron chi connectivity index (χ3n) is 5.15. The van der Waals surface area contributed by atoms with Gasteiger partial charge in [0.25, 0.3) is 0 Å².